The molecule has 1 aromatic carbocycles. The van der Waals surface area contributed by atoms with E-state index in [1.165, 1.54) is 29.2 Å². The fourth-order valence-corrected chi connectivity index (χ4v) is 5.83. The Bertz CT molecular complexity index is 712. The molecule has 0 bridgehead atoms. The lowest BCUT2D eigenvalue weighted by molar-refractivity contribution is 0.285. The Kier molecular flexibility index (Phi) is 5.14. The molecule has 0 aliphatic carbocycles. The van der Waals surface area contributed by atoms with Crippen molar-refractivity contribution in [1.29, 1.82) is 0 Å². The van der Waals surface area contributed by atoms with Gasteiger partial charge < -0.3 is 5.11 Å². The first-order valence-electron chi connectivity index (χ1n) is 5.53. The maximum absolute atomic E-state index is 12.4. The number of nitrogens with one attached hydrogen (secondary N) is 1. The molecule has 0 fully saturated rings. The number of thioether (sulfide) groups is 1. The number of hydrogen-bond donors (Lipinski definition) is 2. The van der Waals surface area contributed by atoms with Crippen LogP contribution >= 0.6 is 39.0 Å². The summed E-state index contributed by atoms with van der Waals surface area (Å²) < 4.78 is 27.8. The van der Waals surface area contributed by atoms with Crippen molar-refractivity contribution in [1.82, 2.24) is 0 Å². The van der Waals surface area contributed by atoms with Gasteiger partial charge in [0.1, 0.15) is 4.90 Å². The molecule has 0 aliphatic rings. The van der Waals surface area contributed by atoms with Crippen molar-refractivity contribution < 1.29 is 13.5 Å². The van der Waals surface area contributed by atoms with Gasteiger partial charge in [-0.15, -0.1) is 23.1 Å². The minimum absolute atomic E-state index is 0.141. The molecule has 0 unspecified atom stereocenters. The van der Waals surface area contributed by atoms with Crippen LogP contribution in [0.15, 0.2) is 43.9 Å². The number of rotatable bonds is 5. The van der Waals surface area contributed by atoms with Crippen LogP contribution in [0.4, 0.5) is 5.69 Å². The summed E-state index contributed by atoms with van der Waals surface area (Å²) in [5, 5.41) is 9.08. The Morgan fingerprint density at radius 3 is 2.70 bits per heavy atom. The molecule has 20 heavy (non-hydrogen) atoms. The summed E-state index contributed by atoms with van der Waals surface area (Å²) in [5.74, 6) is 0. The first-order chi connectivity index (χ1) is 9.47. The first kappa shape index (κ1) is 15.8. The fourth-order valence-electron chi connectivity index (χ4n) is 1.59. The summed E-state index contributed by atoms with van der Waals surface area (Å²) >= 11 is 5.90. The number of benzene rings is 1. The quantitative estimate of drug-likeness (QED) is 0.762. The van der Waals surface area contributed by atoms with Gasteiger partial charge in [0.15, 0.2) is 0 Å². The highest BCUT2D eigenvalue weighted by molar-refractivity contribution is 9.11. The number of para-hydroxylation sites is 1. The van der Waals surface area contributed by atoms with Gasteiger partial charge in [0.25, 0.3) is 10.0 Å². The van der Waals surface area contributed by atoms with Crippen molar-refractivity contribution in [2.45, 2.75) is 16.4 Å². The van der Waals surface area contributed by atoms with Crippen LogP contribution in [0.2, 0.25) is 0 Å². The van der Waals surface area contributed by atoms with E-state index in [9.17, 15) is 8.42 Å². The van der Waals surface area contributed by atoms with E-state index in [2.05, 4.69) is 20.7 Å². The lowest BCUT2D eigenvalue weighted by atomic mass is 10.3. The summed E-state index contributed by atoms with van der Waals surface area (Å²) in [6, 6.07) is 8.67. The predicted molar refractivity (Wildman–Crippen MR) is 87.0 cm³/mol. The van der Waals surface area contributed by atoms with E-state index in [-0.39, 0.29) is 11.5 Å². The van der Waals surface area contributed by atoms with Gasteiger partial charge in [-0.1, -0.05) is 12.1 Å². The van der Waals surface area contributed by atoms with E-state index in [1.54, 1.807) is 12.1 Å². The van der Waals surface area contributed by atoms with Crippen molar-refractivity contribution in [3.63, 3.8) is 0 Å². The highest BCUT2D eigenvalue weighted by Crippen LogP contribution is 2.34. The second-order valence-corrected chi connectivity index (χ2v) is 8.77. The fraction of sp³-hybridized carbons (Fsp3) is 0.167. The molecule has 2 rings (SSSR count). The number of aliphatic hydroxyl groups excluding tert-OH is 1. The van der Waals surface area contributed by atoms with Gasteiger partial charge >= 0.3 is 0 Å². The first-order valence-corrected chi connectivity index (χ1v) is 9.84. The van der Waals surface area contributed by atoms with Gasteiger partial charge in [-0.25, -0.2) is 8.42 Å². The summed E-state index contributed by atoms with van der Waals surface area (Å²) in [5.41, 5.74) is 0.545. The monoisotopic (exact) mass is 393 g/mol. The Labute approximate surface area is 134 Å². The standard InChI is InChI=1S/C12H12BrNO3S3/c1-18-10-5-3-2-4-9(10)14-20(16,17)11-6-8(7-15)19-12(11)13/h2-6,14-15H,7H2,1H3. The van der Waals surface area contributed by atoms with Crippen LogP contribution in [0.25, 0.3) is 0 Å². The summed E-state index contributed by atoms with van der Waals surface area (Å²) in [6.45, 7) is -0.180. The molecular formula is C12H12BrNO3S3. The number of hydrogen-bond acceptors (Lipinski definition) is 5. The van der Waals surface area contributed by atoms with Crippen LogP contribution in [-0.2, 0) is 16.6 Å². The Hall–Kier alpha value is -0.540. The number of sulfonamides is 1. The minimum atomic E-state index is -3.68. The third kappa shape index (κ3) is 3.37. The average Bonchev–Trinajstić information content (AvgIpc) is 2.81. The second kappa shape index (κ2) is 6.48. The molecule has 0 atom stereocenters. The van der Waals surface area contributed by atoms with Crippen LogP contribution in [0, 0.1) is 0 Å². The minimum Gasteiger partial charge on any atom is -0.391 e. The molecule has 4 nitrogen and oxygen atoms in total. The van der Waals surface area contributed by atoms with Crippen LogP contribution in [0.1, 0.15) is 4.88 Å². The van der Waals surface area contributed by atoms with Gasteiger partial charge in [0.05, 0.1) is 16.1 Å². The van der Waals surface area contributed by atoms with E-state index < -0.39 is 10.0 Å². The highest BCUT2D eigenvalue weighted by atomic mass is 79.9. The number of halogens is 1. The Balaban J connectivity index is 2.38. The Morgan fingerprint density at radius 1 is 1.40 bits per heavy atom. The third-order valence-corrected chi connectivity index (χ3v) is 6.90. The Morgan fingerprint density at radius 2 is 2.10 bits per heavy atom. The molecule has 8 heteroatoms. The SMILES string of the molecule is CSc1ccccc1NS(=O)(=O)c1cc(CO)sc1Br. The van der Waals surface area contributed by atoms with Crippen molar-refractivity contribution in [2.24, 2.45) is 0 Å². The summed E-state index contributed by atoms with van der Waals surface area (Å²) in [6.07, 6.45) is 1.89. The third-order valence-electron chi connectivity index (χ3n) is 2.50. The molecular weight excluding hydrogens is 382 g/mol. The van der Waals surface area contributed by atoms with E-state index in [4.69, 9.17) is 5.11 Å². The molecule has 1 heterocycles. The average molecular weight is 394 g/mol. The number of aliphatic hydroxyl groups is 1. The molecule has 0 spiro atoms. The zero-order valence-electron chi connectivity index (χ0n) is 10.5. The molecule has 2 aromatic rings. The molecule has 1 aromatic heterocycles. The van der Waals surface area contributed by atoms with Crippen molar-refractivity contribution in [2.75, 3.05) is 11.0 Å². The molecule has 0 aliphatic heterocycles. The van der Waals surface area contributed by atoms with Gasteiger partial charge in [-0.05, 0) is 40.4 Å². The van der Waals surface area contributed by atoms with E-state index >= 15 is 0 Å². The zero-order chi connectivity index (χ0) is 14.8. The second-order valence-electron chi connectivity index (χ2n) is 3.81. The number of anilines is 1. The van der Waals surface area contributed by atoms with Crippen LogP contribution in [-0.4, -0.2) is 19.8 Å². The van der Waals surface area contributed by atoms with Crippen molar-refractivity contribution >= 4 is 54.7 Å². The zero-order valence-corrected chi connectivity index (χ0v) is 14.5. The van der Waals surface area contributed by atoms with Gasteiger partial charge in [-0.3, -0.25) is 4.72 Å². The maximum Gasteiger partial charge on any atom is 0.263 e. The lowest BCUT2D eigenvalue weighted by Crippen LogP contribution is -2.13. The van der Waals surface area contributed by atoms with Gasteiger partial charge in [-0.2, -0.15) is 0 Å². The van der Waals surface area contributed by atoms with Crippen LogP contribution in [0.5, 0.6) is 0 Å². The van der Waals surface area contributed by atoms with Crippen molar-refractivity contribution in [3.8, 4) is 0 Å². The highest BCUT2D eigenvalue weighted by Gasteiger charge is 2.21. The summed E-state index contributed by atoms with van der Waals surface area (Å²) in [4.78, 5) is 1.59. The molecule has 2 N–H and O–H groups in total. The van der Waals surface area contributed by atoms with E-state index in [0.717, 1.165) is 4.90 Å². The largest absolute Gasteiger partial charge is 0.391 e. The van der Waals surface area contributed by atoms with Crippen molar-refractivity contribution in [3.05, 3.63) is 39.0 Å². The smallest absolute Gasteiger partial charge is 0.263 e. The van der Waals surface area contributed by atoms with Gasteiger partial charge in [0.2, 0.25) is 0 Å². The topological polar surface area (TPSA) is 66.4 Å². The molecule has 0 saturated heterocycles. The maximum atomic E-state index is 12.4. The summed E-state index contributed by atoms with van der Waals surface area (Å²) in [7, 11) is -3.68. The molecule has 108 valence electrons. The van der Waals surface area contributed by atoms with E-state index in [1.807, 2.05) is 18.4 Å². The van der Waals surface area contributed by atoms with Crippen LogP contribution < -0.4 is 4.72 Å². The van der Waals surface area contributed by atoms with Crippen LogP contribution in [0.3, 0.4) is 0 Å². The normalized spacial score (nSPS) is 11.6. The van der Waals surface area contributed by atoms with E-state index in [0.29, 0.717) is 14.4 Å². The molecule has 0 saturated carbocycles. The van der Waals surface area contributed by atoms with Gasteiger partial charge in [0, 0.05) is 9.77 Å². The molecule has 0 amide bonds. The lowest BCUT2D eigenvalue weighted by Gasteiger charge is -2.10. The molecule has 0 radical (unpaired) electrons. The predicted octanol–water partition coefficient (Wildman–Crippen LogP) is 3.53. The number of thiophene rings is 1.